The smallest absolute Gasteiger partial charge is 0.251 e. The molecular formula is C21H22N2O2S. The summed E-state index contributed by atoms with van der Waals surface area (Å²) in [6.45, 7) is 2.61. The Kier molecular flexibility index (Phi) is 6.02. The minimum Gasteiger partial charge on any atom is -0.497 e. The molecule has 3 aromatic rings. The zero-order valence-corrected chi connectivity index (χ0v) is 15.8. The van der Waals surface area contributed by atoms with Crippen LogP contribution in [0.5, 0.6) is 5.75 Å². The van der Waals surface area contributed by atoms with Gasteiger partial charge in [0, 0.05) is 29.8 Å². The van der Waals surface area contributed by atoms with Gasteiger partial charge in [0.15, 0.2) is 0 Å². The Morgan fingerprint density at radius 1 is 1.15 bits per heavy atom. The molecule has 0 unspecified atom stereocenters. The molecule has 4 nitrogen and oxygen atoms in total. The third kappa shape index (κ3) is 4.70. The van der Waals surface area contributed by atoms with Crippen LogP contribution in [-0.2, 0) is 12.8 Å². The van der Waals surface area contributed by atoms with E-state index in [1.165, 1.54) is 10.4 Å². The van der Waals surface area contributed by atoms with E-state index < -0.39 is 0 Å². The van der Waals surface area contributed by atoms with Crippen molar-refractivity contribution in [1.29, 1.82) is 0 Å². The molecule has 26 heavy (non-hydrogen) atoms. The average molecular weight is 366 g/mol. The number of rotatable bonds is 7. The molecule has 0 bridgehead atoms. The van der Waals surface area contributed by atoms with Crippen molar-refractivity contribution in [1.82, 2.24) is 10.3 Å². The summed E-state index contributed by atoms with van der Waals surface area (Å²) in [5, 5.41) is 4.00. The van der Waals surface area contributed by atoms with Gasteiger partial charge >= 0.3 is 0 Å². The Hall–Kier alpha value is -2.66. The van der Waals surface area contributed by atoms with Crippen LogP contribution in [0, 0.1) is 6.92 Å². The topological polar surface area (TPSA) is 51.2 Å². The second kappa shape index (κ2) is 8.63. The van der Waals surface area contributed by atoms with Crippen LogP contribution in [0.2, 0.25) is 0 Å². The molecule has 1 amide bonds. The van der Waals surface area contributed by atoms with E-state index in [-0.39, 0.29) is 5.91 Å². The Morgan fingerprint density at radius 2 is 1.96 bits per heavy atom. The van der Waals surface area contributed by atoms with E-state index in [1.54, 1.807) is 30.6 Å². The fraction of sp³-hybridized carbons (Fsp3) is 0.238. The van der Waals surface area contributed by atoms with Crippen LogP contribution in [0.25, 0.3) is 0 Å². The minimum atomic E-state index is -0.0957. The molecule has 0 aliphatic rings. The molecule has 1 N–H and O–H groups in total. The second-order valence-corrected chi connectivity index (χ2v) is 7.18. The Balaban J connectivity index is 1.55. The first-order valence-electron chi connectivity index (χ1n) is 8.57. The monoisotopic (exact) mass is 366 g/mol. The lowest BCUT2D eigenvalue weighted by atomic mass is 10.1. The maximum Gasteiger partial charge on any atom is 0.251 e. The zero-order valence-electron chi connectivity index (χ0n) is 15.0. The summed E-state index contributed by atoms with van der Waals surface area (Å²) < 4.78 is 5.16. The summed E-state index contributed by atoms with van der Waals surface area (Å²) in [6, 6.07) is 17.6. The summed E-state index contributed by atoms with van der Waals surface area (Å²) in [6.07, 6.45) is 1.64. The lowest BCUT2D eigenvalue weighted by Crippen LogP contribution is -2.25. The van der Waals surface area contributed by atoms with Gasteiger partial charge in [-0.1, -0.05) is 36.4 Å². The number of aryl methyl sites for hydroxylation is 1. The van der Waals surface area contributed by atoms with Crippen LogP contribution >= 0.6 is 11.3 Å². The predicted octanol–water partition coefficient (Wildman–Crippen LogP) is 4.02. The fourth-order valence-corrected chi connectivity index (χ4v) is 3.79. The molecule has 0 radical (unpaired) electrons. The largest absolute Gasteiger partial charge is 0.497 e. The van der Waals surface area contributed by atoms with Gasteiger partial charge in [0.1, 0.15) is 5.75 Å². The van der Waals surface area contributed by atoms with Crippen molar-refractivity contribution in [3.63, 3.8) is 0 Å². The summed E-state index contributed by atoms with van der Waals surface area (Å²) in [5.74, 6) is 0.584. The Morgan fingerprint density at radius 3 is 2.73 bits per heavy atom. The predicted molar refractivity (Wildman–Crippen MR) is 105 cm³/mol. The molecule has 0 atom stereocenters. The van der Waals surface area contributed by atoms with Gasteiger partial charge in [-0.2, -0.15) is 0 Å². The van der Waals surface area contributed by atoms with Crippen molar-refractivity contribution in [2.75, 3.05) is 13.7 Å². The van der Waals surface area contributed by atoms with E-state index in [4.69, 9.17) is 4.74 Å². The number of ether oxygens (including phenoxy) is 1. The van der Waals surface area contributed by atoms with Gasteiger partial charge in [0.25, 0.3) is 5.91 Å². The van der Waals surface area contributed by atoms with E-state index >= 15 is 0 Å². The van der Waals surface area contributed by atoms with Gasteiger partial charge in [-0.05, 0) is 30.7 Å². The van der Waals surface area contributed by atoms with Gasteiger partial charge < -0.3 is 10.1 Å². The van der Waals surface area contributed by atoms with Crippen molar-refractivity contribution < 1.29 is 9.53 Å². The van der Waals surface area contributed by atoms with Crippen LogP contribution in [0.15, 0.2) is 54.6 Å². The Bertz CT molecular complexity index is 875. The van der Waals surface area contributed by atoms with E-state index in [9.17, 15) is 4.79 Å². The number of carbonyl (C=O) groups excluding carboxylic acids is 1. The summed E-state index contributed by atoms with van der Waals surface area (Å²) in [4.78, 5) is 18.2. The first-order valence-corrected chi connectivity index (χ1v) is 9.38. The Labute approximate surface area is 157 Å². The number of aromatic nitrogens is 1. The normalized spacial score (nSPS) is 10.5. The van der Waals surface area contributed by atoms with Crippen LogP contribution in [0.4, 0.5) is 0 Å². The van der Waals surface area contributed by atoms with Crippen LogP contribution in [-0.4, -0.2) is 24.5 Å². The van der Waals surface area contributed by atoms with Crippen molar-refractivity contribution in [3.8, 4) is 5.75 Å². The van der Waals surface area contributed by atoms with Gasteiger partial charge in [0.2, 0.25) is 0 Å². The molecular weight excluding hydrogens is 344 g/mol. The van der Waals surface area contributed by atoms with E-state index in [1.807, 2.05) is 25.1 Å². The maximum absolute atomic E-state index is 12.2. The van der Waals surface area contributed by atoms with Gasteiger partial charge in [-0.3, -0.25) is 4.79 Å². The summed E-state index contributed by atoms with van der Waals surface area (Å²) >= 11 is 1.73. The molecule has 0 aliphatic carbocycles. The summed E-state index contributed by atoms with van der Waals surface area (Å²) in [5.41, 5.74) is 2.97. The molecule has 0 spiro atoms. The standard InChI is InChI=1S/C21H22N2O2S/c1-15-19(13-16-7-4-3-5-8-16)26-20(23-15)11-12-22-21(24)17-9-6-10-18(14-17)25-2/h3-10,14H,11-13H2,1-2H3,(H,22,24). The third-order valence-electron chi connectivity index (χ3n) is 4.10. The van der Waals surface area contributed by atoms with Gasteiger partial charge in [-0.15, -0.1) is 11.3 Å². The first-order chi connectivity index (χ1) is 12.7. The van der Waals surface area contributed by atoms with Crippen LogP contribution < -0.4 is 10.1 Å². The zero-order chi connectivity index (χ0) is 18.4. The van der Waals surface area contributed by atoms with Gasteiger partial charge in [-0.25, -0.2) is 4.98 Å². The lowest BCUT2D eigenvalue weighted by Gasteiger charge is -2.05. The molecule has 1 aromatic heterocycles. The molecule has 0 fully saturated rings. The molecule has 2 aromatic carbocycles. The average Bonchev–Trinajstić information content (AvgIpc) is 3.01. The molecule has 1 heterocycles. The third-order valence-corrected chi connectivity index (χ3v) is 5.32. The van der Waals surface area contributed by atoms with Crippen molar-refractivity contribution >= 4 is 17.2 Å². The molecule has 134 valence electrons. The number of methoxy groups -OCH3 is 1. The number of hydrogen-bond acceptors (Lipinski definition) is 4. The number of hydrogen-bond donors (Lipinski definition) is 1. The second-order valence-electron chi connectivity index (χ2n) is 6.02. The van der Waals surface area contributed by atoms with E-state index in [0.29, 0.717) is 17.9 Å². The quantitative estimate of drug-likeness (QED) is 0.687. The molecule has 0 aliphatic heterocycles. The van der Waals surface area contributed by atoms with Crippen molar-refractivity contribution in [3.05, 3.63) is 81.3 Å². The number of benzene rings is 2. The molecule has 5 heteroatoms. The van der Waals surface area contributed by atoms with Crippen molar-refractivity contribution in [2.24, 2.45) is 0 Å². The fourth-order valence-electron chi connectivity index (χ4n) is 2.69. The van der Waals surface area contributed by atoms with Crippen molar-refractivity contribution in [2.45, 2.75) is 19.8 Å². The highest BCUT2D eigenvalue weighted by Gasteiger charge is 2.10. The molecule has 0 saturated heterocycles. The highest BCUT2D eigenvalue weighted by Crippen LogP contribution is 2.22. The number of nitrogens with zero attached hydrogens (tertiary/aromatic N) is 1. The number of thiazole rings is 1. The molecule has 0 saturated carbocycles. The summed E-state index contributed by atoms with van der Waals surface area (Å²) in [7, 11) is 1.59. The van der Waals surface area contributed by atoms with E-state index in [0.717, 1.165) is 23.5 Å². The van der Waals surface area contributed by atoms with E-state index in [2.05, 4.69) is 34.6 Å². The van der Waals surface area contributed by atoms with Gasteiger partial charge in [0.05, 0.1) is 17.8 Å². The highest BCUT2D eigenvalue weighted by atomic mass is 32.1. The first kappa shape index (κ1) is 18.1. The molecule has 3 rings (SSSR count). The number of nitrogens with one attached hydrogen (secondary N) is 1. The van der Waals surface area contributed by atoms with Crippen LogP contribution in [0.1, 0.15) is 31.5 Å². The lowest BCUT2D eigenvalue weighted by molar-refractivity contribution is 0.0954. The number of amides is 1. The minimum absolute atomic E-state index is 0.0957. The van der Waals surface area contributed by atoms with Crippen LogP contribution in [0.3, 0.4) is 0 Å². The number of carbonyl (C=O) groups is 1. The SMILES string of the molecule is COc1cccc(C(=O)NCCc2nc(C)c(Cc3ccccc3)s2)c1. The maximum atomic E-state index is 12.2. The highest BCUT2D eigenvalue weighted by molar-refractivity contribution is 7.11.